The van der Waals surface area contributed by atoms with Gasteiger partial charge in [0.05, 0.1) is 0 Å². The van der Waals surface area contributed by atoms with Gasteiger partial charge in [0.15, 0.2) is 0 Å². The van der Waals surface area contributed by atoms with Gasteiger partial charge in [0.1, 0.15) is 0 Å². The maximum absolute atomic E-state index is 8.69. The predicted octanol–water partition coefficient (Wildman–Crippen LogP) is 0.0194. The van der Waals surface area contributed by atoms with E-state index in [1.165, 1.54) is 0 Å². The first-order valence-corrected chi connectivity index (χ1v) is 0.644. The van der Waals surface area contributed by atoms with Crippen molar-refractivity contribution in [3.63, 3.8) is 0 Å². The number of hydrogen-bond acceptors (Lipinski definition) is 1. The summed E-state index contributed by atoms with van der Waals surface area (Å²) in [5, 5.41) is 0. The van der Waals surface area contributed by atoms with Gasteiger partial charge in [-0.2, -0.15) is 0 Å². The smallest absolute Gasteiger partial charge is 0 e. The van der Waals surface area contributed by atoms with Crippen LogP contribution < -0.4 is 0 Å². The van der Waals surface area contributed by atoms with Gasteiger partial charge in [-0.1, -0.05) is 0 Å². The van der Waals surface area contributed by atoms with E-state index in [-0.39, 0.29) is 31.1 Å². The summed E-state index contributed by atoms with van der Waals surface area (Å²) in [6.07, 6.45) is 0.500. The van der Waals surface area contributed by atoms with Gasteiger partial charge in [-0.25, -0.2) is 0 Å². The Morgan fingerprint density at radius 3 is 1.75 bits per heavy atom. The molecule has 0 aromatic carbocycles. The molecular formula is C2H3OU-. The molecule has 0 unspecified atom stereocenters. The summed E-state index contributed by atoms with van der Waals surface area (Å²) in [5.74, 6) is 0. The fourth-order valence-electron chi connectivity index (χ4n) is 0. The molecule has 0 N–H and O–H groups in total. The summed E-state index contributed by atoms with van der Waals surface area (Å²) < 4.78 is 0. The largest absolute Gasteiger partial charge is 0.343 e. The van der Waals surface area contributed by atoms with Gasteiger partial charge >= 0.3 is 0 Å². The van der Waals surface area contributed by atoms with E-state index in [9.17, 15) is 0 Å². The Kier molecular flexibility index (Phi) is 21.0. The third kappa shape index (κ3) is 18.7. The van der Waals surface area contributed by atoms with Crippen molar-refractivity contribution in [3.05, 3.63) is 6.92 Å². The Bertz CT molecular complexity index is 13.5. The second-order valence-electron chi connectivity index (χ2n) is 0.167. The Labute approximate surface area is 49.1 Å². The Morgan fingerprint density at radius 1 is 1.75 bits per heavy atom. The molecule has 0 spiro atoms. The summed E-state index contributed by atoms with van der Waals surface area (Å²) in [6.45, 7) is 2.81. The van der Waals surface area contributed by atoms with Crippen LogP contribution in [-0.4, -0.2) is 6.29 Å². The zero-order chi connectivity index (χ0) is 2.71. The van der Waals surface area contributed by atoms with Crippen LogP contribution >= 0.6 is 0 Å². The second-order valence-corrected chi connectivity index (χ2v) is 0.167. The molecule has 2 heteroatoms. The minimum Gasteiger partial charge on any atom is -0.343 e. The van der Waals surface area contributed by atoms with E-state index >= 15 is 0 Å². The number of carbonyl (C=O) groups is 1. The predicted molar refractivity (Wildman–Crippen MR) is 11.4 cm³/mol. The first kappa shape index (κ1) is 8.82. The van der Waals surface area contributed by atoms with Gasteiger partial charge in [-0.3, -0.25) is 0 Å². The van der Waals surface area contributed by atoms with E-state index in [2.05, 4.69) is 6.92 Å². The molecule has 0 bridgehead atoms. The van der Waals surface area contributed by atoms with Crippen molar-refractivity contribution in [2.75, 3.05) is 0 Å². The van der Waals surface area contributed by atoms with Crippen LogP contribution in [0.25, 0.3) is 0 Å². The summed E-state index contributed by atoms with van der Waals surface area (Å²) in [5.41, 5.74) is 0. The third-order valence-electron chi connectivity index (χ3n) is 0. The SMILES string of the molecule is [CH2-]C=O.[U]. The molecule has 0 saturated carbocycles. The average molecular weight is 281 g/mol. The number of rotatable bonds is 0. The third-order valence-corrected chi connectivity index (χ3v) is 0. The molecule has 22 valence electrons. The van der Waals surface area contributed by atoms with Crippen LogP contribution in [0.5, 0.6) is 0 Å². The molecule has 0 aromatic heterocycles. The number of carbonyl (C=O) groups excluding carboxylic acids is 1. The fraction of sp³-hybridized carbons (Fsp3) is 0. The van der Waals surface area contributed by atoms with Gasteiger partial charge < -0.3 is 11.7 Å². The van der Waals surface area contributed by atoms with Gasteiger partial charge in [0.2, 0.25) is 0 Å². The minimum atomic E-state index is 0. The Morgan fingerprint density at radius 2 is 1.75 bits per heavy atom. The molecule has 0 aliphatic rings. The molecule has 4 heavy (non-hydrogen) atoms. The molecule has 0 aromatic rings. The van der Waals surface area contributed by atoms with Crippen molar-refractivity contribution in [3.8, 4) is 0 Å². The van der Waals surface area contributed by atoms with E-state index in [1.807, 2.05) is 0 Å². The van der Waals surface area contributed by atoms with Gasteiger partial charge in [0, 0.05) is 31.1 Å². The van der Waals surface area contributed by atoms with E-state index in [4.69, 9.17) is 4.79 Å². The van der Waals surface area contributed by atoms with E-state index in [1.54, 1.807) is 0 Å². The molecule has 0 amide bonds. The molecule has 0 aliphatic heterocycles. The van der Waals surface area contributed by atoms with Crippen LogP contribution in [0.15, 0.2) is 0 Å². The van der Waals surface area contributed by atoms with Crippen LogP contribution in [0.1, 0.15) is 0 Å². The summed E-state index contributed by atoms with van der Waals surface area (Å²) >= 11 is 0. The zero-order valence-electron chi connectivity index (χ0n) is 2.19. The molecule has 1 nitrogen and oxygen atoms in total. The van der Waals surface area contributed by atoms with Crippen LogP contribution in [0.3, 0.4) is 0 Å². The first-order valence-electron chi connectivity index (χ1n) is 0.644. The molecule has 0 heterocycles. The van der Waals surface area contributed by atoms with Gasteiger partial charge in [0.25, 0.3) is 0 Å². The molecular weight excluding hydrogens is 278 g/mol. The maximum Gasteiger partial charge on any atom is 0 e. The van der Waals surface area contributed by atoms with Gasteiger partial charge in [-0.15, -0.1) is 0 Å². The Balaban J connectivity index is 0. The second kappa shape index (κ2) is 9.52. The van der Waals surface area contributed by atoms with Crippen molar-refractivity contribution in [1.29, 1.82) is 0 Å². The number of aldehydes is 1. The molecule has 0 radical (unpaired) electrons. The normalized spacial score (nSPS) is 3.00. The minimum absolute atomic E-state index is 0. The summed E-state index contributed by atoms with van der Waals surface area (Å²) in [6, 6.07) is 0. The molecule has 0 fully saturated rings. The van der Waals surface area contributed by atoms with Crippen molar-refractivity contribution in [1.82, 2.24) is 0 Å². The van der Waals surface area contributed by atoms with E-state index in [0.29, 0.717) is 6.29 Å². The van der Waals surface area contributed by atoms with Crippen molar-refractivity contribution in [2.45, 2.75) is 0 Å². The summed E-state index contributed by atoms with van der Waals surface area (Å²) in [4.78, 5) is 8.69. The standard InChI is InChI=1S/C2H3O.U/c1-2-3;/h2H,1H2;/q-1;. The molecule has 0 aliphatic carbocycles. The van der Waals surface area contributed by atoms with Crippen LogP contribution in [0.2, 0.25) is 0 Å². The van der Waals surface area contributed by atoms with Crippen molar-refractivity contribution >= 4 is 6.29 Å². The topological polar surface area (TPSA) is 17.1 Å². The zero-order valence-corrected chi connectivity index (χ0v) is 6.36. The maximum atomic E-state index is 8.69. The Hall–Kier alpha value is 0.592. The fourth-order valence-corrected chi connectivity index (χ4v) is 0. The van der Waals surface area contributed by atoms with Crippen molar-refractivity contribution < 1.29 is 35.9 Å². The van der Waals surface area contributed by atoms with Crippen LogP contribution in [0, 0.1) is 38.0 Å². The molecule has 0 atom stereocenters. The molecule has 0 saturated heterocycles. The van der Waals surface area contributed by atoms with Crippen LogP contribution in [-0.2, 0) is 4.79 Å². The quantitative estimate of drug-likeness (QED) is 0.452. The molecule has 0 rings (SSSR count). The van der Waals surface area contributed by atoms with E-state index in [0.717, 1.165) is 0 Å². The summed E-state index contributed by atoms with van der Waals surface area (Å²) in [7, 11) is 0. The van der Waals surface area contributed by atoms with E-state index < -0.39 is 0 Å². The van der Waals surface area contributed by atoms with Gasteiger partial charge in [-0.05, 0) is 6.29 Å². The monoisotopic (exact) mass is 281 g/mol. The average Bonchev–Trinajstić information content (AvgIpc) is 0.918. The number of hydrogen-bond donors (Lipinski definition) is 0. The van der Waals surface area contributed by atoms with Crippen LogP contribution in [0.4, 0.5) is 0 Å². The first-order chi connectivity index (χ1) is 1.41. The van der Waals surface area contributed by atoms with Crippen molar-refractivity contribution in [2.24, 2.45) is 0 Å².